The number of carbonyl (C=O) groups excluding carboxylic acids is 2. The van der Waals surface area contributed by atoms with E-state index in [4.69, 9.17) is 4.74 Å². The average Bonchev–Trinajstić information content (AvgIpc) is 2.90. The summed E-state index contributed by atoms with van der Waals surface area (Å²) in [6.45, 7) is 10.6. The maximum absolute atomic E-state index is 12.6. The fourth-order valence-corrected chi connectivity index (χ4v) is 3.06. The van der Waals surface area contributed by atoms with E-state index >= 15 is 0 Å². The lowest BCUT2D eigenvalue weighted by Gasteiger charge is -2.38. The van der Waals surface area contributed by atoms with Gasteiger partial charge in [-0.05, 0) is 46.0 Å². The highest BCUT2D eigenvalue weighted by atomic mass is 16.6. The van der Waals surface area contributed by atoms with Gasteiger partial charge in [-0.25, -0.2) is 4.79 Å². The van der Waals surface area contributed by atoms with Gasteiger partial charge in [-0.1, -0.05) is 6.92 Å². The summed E-state index contributed by atoms with van der Waals surface area (Å²) < 4.78 is 5.43. The van der Waals surface area contributed by atoms with Gasteiger partial charge in [0.05, 0.1) is 5.92 Å². The molecule has 2 saturated heterocycles. The van der Waals surface area contributed by atoms with E-state index in [0.29, 0.717) is 19.0 Å². The van der Waals surface area contributed by atoms with E-state index in [2.05, 4.69) is 6.92 Å². The summed E-state index contributed by atoms with van der Waals surface area (Å²) in [4.78, 5) is 28.5. The van der Waals surface area contributed by atoms with Crippen LogP contribution < -0.4 is 0 Å². The molecule has 2 rings (SSSR count). The number of hydrogen-bond donors (Lipinski definition) is 0. The lowest BCUT2D eigenvalue weighted by Crippen LogP contribution is -2.50. The van der Waals surface area contributed by atoms with Crippen LogP contribution in [0.25, 0.3) is 0 Å². The zero-order valence-electron chi connectivity index (χ0n) is 13.7. The fraction of sp³-hybridized carbons (Fsp3) is 0.875. The van der Waals surface area contributed by atoms with E-state index in [1.165, 1.54) is 0 Å². The van der Waals surface area contributed by atoms with Crippen LogP contribution in [0, 0.1) is 11.8 Å². The Morgan fingerprint density at radius 3 is 2.24 bits per heavy atom. The van der Waals surface area contributed by atoms with Crippen molar-refractivity contribution < 1.29 is 14.3 Å². The molecule has 21 heavy (non-hydrogen) atoms. The highest BCUT2D eigenvalue weighted by Crippen LogP contribution is 2.27. The molecule has 0 spiro atoms. The zero-order chi connectivity index (χ0) is 15.6. The summed E-state index contributed by atoms with van der Waals surface area (Å²) >= 11 is 0. The van der Waals surface area contributed by atoms with Gasteiger partial charge in [-0.15, -0.1) is 0 Å². The van der Waals surface area contributed by atoms with Crippen molar-refractivity contribution in [2.24, 2.45) is 11.8 Å². The molecule has 0 unspecified atom stereocenters. The molecule has 0 aromatic rings. The smallest absolute Gasteiger partial charge is 0.410 e. The molecule has 0 bridgehead atoms. The molecule has 0 N–H and O–H groups in total. The van der Waals surface area contributed by atoms with Crippen LogP contribution in [0.1, 0.15) is 47.0 Å². The molecule has 2 aliphatic rings. The predicted octanol–water partition coefficient (Wildman–Crippen LogP) is 2.50. The van der Waals surface area contributed by atoms with Crippen molar-refractivity contribution in [1.82, 2.24) is 9.80 Å². The van der Waals surface area contributed by atoms with Gasteiger partial charge < -0.3 is 14.5 Å². The molecular weight excluding hydrogens is 268 g/mol. The van der Waals surface area contributed by atoms with Crippen molar-refractivity contribution in [3.8, 4) is 0 Å². The van der Waals surface area contributed by atoms with Gasteiger partial charge in [-0.2, -0.15) is 0 Å². The first kappa shape index (κ1) is 16.1. The number of amides is 2. The SMILES string of the molecule is C[C@@H]1CCN(C(=O)OC(C)(C)C)C[C@@H]1C(=O)N1CCCC1. The number of rotatable bonds is 1. The van der Waals surface area contributed by atoms with Crippen molar-refractivity contribution in [1.29, 1.82) is 0 Å². The molecule has 0 aliphatic carbocycles. The number of carbonyl (C=O) groups is 2. The number of hydrogen-bond acceptors (Lipinski definition) is 3. The highest BCUT2D eigenvalue weighted by molar-refractivity contribution is 5.80. The van der Waals surface area contributed by atoms with E-state index in [-0.39, 0.29) is 17.9 Å². The monoisotopic (exact) mass is 296 g/mol. The molecule has 120 valence electrons. The number of ether oxygens (including phenoxy) is 1. The van der Waals surface area contributed by atoms with Gasteiger partial charge >= 0.3 is 6.09 Å². The van der Waals surface area contributed by atoms with Gasteiger partial charge in [0.2, 0.25) is 5.91 Å². The summed E-state index contributed by atoms with van der Waals surface area (Å²) in [5.41, 5.74) is -0.491. The van der Waals surface area contributed by atoms with Crippen LogP contribution in [0.3, 0.4) is 0 Å². The minimum Gasteiger partial charge on any atom is -0.444 e. The van der Waals surface area contributed by atoms with Crippen LogP contribution in [0.5, 0.6) is 0 Å². The average molecular weight is 296 g/mol. The van der Waals surface area contributed by atoms with Crippen molar-refractivity contribution in [2.45, 2.75) is 52.6 Å². The predicted molar refractivity (Wildman–Crippen MR) is 80.9 cm³/mol. The van der Waals surface area contributed by atoms with Crippen molar-refractivity contribution in [3.63, 3.8) is 0 Å². The third-order valence-electron chi connectivity index (χ3n) is 4.34. The largest absolute Gasteiger partial charge is 0.444 e. The maximum atomic E-state index is 12.6. The lowest BCUT2D eigenvalue weighted by molar-refractivity contribution is -0.138. The van der Waals surface area contributed by atoms with E-state index < -0.39 is 5.60 Å². The molecule has 2 fully saturated rings. The van der Waals surface area contributed by atoms with Crippen LogP contribution in [-0.4, -0.2) is 53.6 Å². The van der Waals surface area contributed by atoms with Crippen LogP contribution in [0.2, 0.25) is 0 Å². The Labute approximate surface area is 127 Å². The normalized spacial score (nSPS) is 26.9. The Bertz CT molecular complexity index is 397. The second-order valence-corrected chi connectivity index (χ2v) is 7.33. The van der Waals surface area contributed by atoms with Gasteiger partial charge in [-0.3, -0.25) is 4.79 Å². The topological polar surface area (TPSA) is 49.9 Å². The van der Waals surface area contributed by atoms with Crippen LogP contribution in [0.4, 0.5) is 4.79 Å². The summed E-state index contributed by atoms with van der Waals surface area (Å²) in [7, 11) is 0. The lowest BCUT2D eigenvalue weighted by atomic mass is 9.86. The Morgan fingerprint density at radius 1 is 1.05 bits per heavy atom. The third-order valence-corrected chi connectivity index (χ3v) is 4.34. The number of likely N-dealkylation sites (tertiary alicyclic amines) is 2. The highest BCUT2D eigenvalue weighted by Gasteiger charge is 2.37. The van der Waals surface area contributed by atoms with E-state index in [9.17, 15) is 9.59 Å². The second-order valence-electron chi connectivity index (χ2n) is 7.33. The number of piperidine rings is 1. The van der Waals surface area contributed by atoms with Crippen molar-refractivity contribution in [2.75, 3.05) is 26.2 Å². The molecule has 0 saturated carbocycles. The molecule has 0 aromatic heterocycles. The minimum atomic E-state index is -0.491. The summed E-state index contributed by atoms with van der Waals surface area (Å²) in [6, 6.07) is 0. The van der Waals surface area contributed by atoms with Crippen molar-refractivity contribution >= 4 is 12.0 Å². The summed E-state index contributed by atoms with van der Waals surface area (Å²) in [6.07, 6.45) is 2.77. The number of nitrogens with zero attached hydrogens (tertiary/aromatic N) is 2. The molecule has 2 aliphatic heterocycles. The van der Waals surface area contributed by atoms with Crippen molar-refractivity contribution in [3.05, 3.63) is 0 Å². The van der Waals surface area contributed by atoms with Crippen LogP contribution >= 0.6 is 0 Å². The molecule has 2 heterocycles. The van der Waals surface area contributed by atoms with Gasteiger partial charge in [0.15, 0.2) is 0 Å². The Morgan fingerprint density at radius 2 is 1.67 bits per heavy atom. The molecular formula is C16H28N2O3. The van der Waals surface area contributed by atoms with Crippen LogP contribution in [-0.2, 0) is 9.53 Å². The Hall–Kier alpha value is -1.26. The zero-order valence-corrected chi connectivity index (χ0v) is 13.7. The van der Waals surface area contributed by atoms with Gasteiger partial charge in [0.1, 0.15) is 5.60 Å². The Balaban J connectivity index is 1.98. The van der Waals surface area contributed by atoms with Gasteiger partial charge in [0, 0.05) is 26.2 Å². The first-order chi connectivity index (χ1) is 9.78. The molecule has 2 atom stereocenters. The fourth-order valence-electron chi connectivity index (χ4n) is 3.06. The minimum absolute atomic E-state index is 0.0793. The summed E-state index contributed by atoms with van der Waals surface area (Å²) in [5.74, 6) is 0.467. The standard InChI is InChI=1S/C16H28N2O3/c1-12-7-10-18(15(20)21-16(2,3)4)11-13(12)14(19)17-8-5-6-9-17/h12-13H,5-11H2,1-4H3/t12-,13+/m1/s1. The van der Waals surface area contributed by atoms with Gasteiger partial charge in [0.25, 0.3) is 0 Å². The first-order valence-corrected chi connectivity index (χ1v) is 8.04. The van der Waals surface area contributed by atoms with Crippen LogP contribution in [0.15, 0.2) is 0 Å². The third kappa shape index (κ3) is 4.11. The first-order valence-electron chi connectivity index (χ1n) is 8.04. The van der Waals surface area contributed by atoms with E-state index in [0.717, 1.165) is 32.4 Å². The molecule has 0 aromatic carbocycles. The Kier molecular flexibility index (Phi) is 4.79. The second kappa shape index (κ2) is 6.24. The summed E-state index contributed by atoms with van der Waals surface area (Å²) in [5, 5.41) is 0. The molecule has 2 amide bonds. The molecule has 5 nitrogen and oxygen atoms in total. The maximum Gasteiger partial charge on any atom is 0.410 e. The quantitative estimate of drug-likeness (QED) is 0.747. The van der Waals surface area contributed by atoms with E-state index in [1.54, 1.807) is 4.90 Å². The molecule has 5 heteroatoms. The van der Waals surface area contributed by atoms with E-state index in [1.807, 2.05) is 25.7 Å². The molecule has 0 radical (unpaired) electrons.